The number of amides is 3. The summed E-state index contributed by atoms with van der Waals surface area (Å²) in [5.74, 6) is -0.641. The van der Waals surface area contributed by atoms with Crippen LogP contribution in [0.5, 0.6) is 5.75 Å². The number of hydrogen-bond donors (Lipinski definition) is 1. The van der Waals surface area contributed by atoms with Gasteiger partial charge in [-0.25, -0.2) is 19.4 Å². The molecule has 1 saturated heterocycles. The van der Waals surface area contributed by atoms with Crippen molar-refractivity contribution >= 4 is 51.8 Å². The number of hydrogen-bond acceptors (Lipinski definition) is 8. The lowest BCUT2D eigenvalue weighted by molar-refractivity contribution is -0.274. The molecule has 2 aromatic carbocycles. The van der Waals surface area contributed by atoms with Crippen LogP contribution in [0.15, 0.2) is 66.0 Å². The molecule has 1 N–H and O–H groups in total. The Morgan fingerprint density at radius 1 is 1.09 bits per heavy atom. The number of nitrogens with one attached hydrogen (secondary N) is 1. The molecule has 47 heavy (non-hydrogen) atoms. The van der Waals surface area contributed by atoms with Gasteiger partial charge in [-0.05, 0) is 48.9 Å². The largest absolute Gasteiger partial charge is 0.573 e. The van der Waals surface area contributed by atoms with Crippen molar-refractivity contribution in [3.63, 3.8) is 0 Å². The Balaban J connectivity index is 1.29. The number of halogens is 7. The van der Waals surface area contributed by atoms with E-state index in [2.05, 4.69) is 30.1 Å². The zero-order chi connectivity index (χ0) is 33.9. The van der Waals surface area contributed by atoms with E-state index in [1.165, 1.54) is 35.3 Å². The second-order valence-corrected chi connectivity index (χ2v) is 11.0. The molecule has 5 rings (SSSR count). The molecule has 246 valence electrons. The molecule has 0 saturated carbocycles. The van der Waals surface area contributed by atoms with Crippen LogP contribution in [0, 0.1) is 6.92 Å². The summed E-state index contributed by atoms with van der Waals surface area (Å²) in [6, 6.07) is 10.7. The van der Waals surface area contributed by atoms with Crippen LogP contribution in [0.25, 0.3) is 17.2 Å². The minimum atomic E-state index is -4.86. The van der Waals surface area contributed by atoms with Gasteiger partial charge in [0.2, 0.25) is 5.91 Å². The molecule has 1 aliphatic rings. The minimum absolute atomic E-state index is 0.00395. The summed E-state index contributed by atoms with van der Waals surface area (Å²) in [4.78, 5) is 38.9. The van der Waals surface area contributed by atoms with E-state index in [1.807, 2.05) is 0 Å². The van der Waals surface area contributed by atoms with E-state index < -0.39 is 43.4 Å². The summed E-state index contributed by atoms with van der Waals surface area (Å²) < 4.78 is 84.9. The van der Waals surface area contributed by atoms with Crippen LogP contribution in [0.2, 0.25) is 5.02 Å². The number of alkyl halides is 6. The number of carbonyl (C=O) groups excluding carboxylic acids is 2. The fourth-order valence-corrected chi connectivity index (χ4v) is 5.24. The Morgan fingerprint density at radius 2 is 1.87 bits per heavy atom. The highest BCUT2D eigenvalue weighted by molar-refractivity contribution is 8.15. The number of carbonyl (C=O) groups is 2. The van der Waals surface area contributed by atoms with Crippen LogP contribution in [0.1, 0.15) is 11.1 Å². The number of pyridine rings is 1. The maximum absolute atomic E-state index is 12.9. The third-order valence-corrected chi connectivity index (χ3v) is 7.35. The molecular formula is C28H20ClF6N7O4S. The summed E-state index contributed by atoms with van der Waals surface area (Å²) in [6.07, 6.45) is -7.22. The number of aromatic nitrogens is 4. The first-order chi connectivity index (χ1) is 22.1. The molecule has 0 unspecified atom stereocenters. The van der Waals surface area contributed by atoms with Gasteiger partial charge < -0.3 is 14.8 Å². The van der Waals surface area contributed by atoms with Gasteiger partial charge >= 0.3 is 18.6 Å². The van der Waals surface area contributed by atoms with Crippen LogP contribution in [-0.2, 0) is 16.1 Å². The molecule has 0 spiro atoms. The number of aliphatic imine (C=N–C) groups is 1. The molecule has 0 radical (unpaired) electrons. The summed E-state index contributed by atoms with van der Waals surface area (Å²) in [7, 11) is 0. The van der Waals surface area contributed by atoms with Gasteiger partial charge in [-0.3, -0.25) is 9.69 Å². The molecule has 0 bridgehead atoms. The lowest BCUT2D eigenvalue weighted by Crippen LogP contribution is -2.31. The molecule has 1 fully saturated rings. The minimum Gasteiger partial charge on any atom is -0.404 e. The van der Waals surface area contributed by atoms with Crippen LogP contribution < -0.4 is 15.0 Å². The first kappa shape index (κ1) is 33.7. The molecule has 3 amide bonds. The van der Waals surface area contributed by atoms with Gasteiger partial charge in [0.05, 0.1) is 35.0 Å². The first-order valence-corrected chi connectivity index (χ1v) is 14.5. The molecule has 1 aliphatic heterocycles. The highest BCUT2D eigenvalue weighted by Crippen LogP contribution is 2.33. The summed E-state index contributed by atoms with van der Waals surface area (Å²) >= 11 is 7.37. The molecule has 2 aromatic heterocycles. The zero-order valence-electron chi connectivity index (χ0n) is 23.8. The summed E-state index contributed by atoms with van der Waals surface area (Å²) in [6.45, 7) is -0.172. The Labute approximate surface area is 270 Å². The number of nitrogens with zero attached hydrogens (tertiary/aromatic N) is 6. The van der Waals surface area contributed by atoms with Gasteiger partial charge in [-0.1, -0.05) is 35.5 Å². The van der Waals surface area contributed by atoms with Crippen LogP contribution in [-0.4, -0.2) is 61.8 Å². The number of urea groups is 1. The predicted octanol–water partition coefficient (Wildman–Crippen LogP) is 6.94. The van der Waals surface area contributed by atoms with Crippen molar-refractivity contribution < 1.29 is 45.4 Å². The van der Waals surface area contributed by atoms with Crippen molar-refractivity contribution in [3.8, 4) is 23.0 Å². The number of benzene rings is 2. The maximum atomic E-state index is 12.9. The van der Waals surface area contributed by atoms with E-state index in [4.69, 9.17) is 16.3 Å². The Kier molecular flexibility index (Phi) is 9.73. The number of thioether (sulfide) groups is 1. The van der Waals surface area contributed by atoms with Crippen molar-refractivity contribution in [2.24, 2.45) is 4.99 Å². The van der Waals surface area contributed by atoms with Crippen molar-refractivity contribution in [3.05, 3.63) is 77.2 Å². The number of amidine groups is 1. The standard InChI is InChI=1S/C28H20ClF6N7O4S/c1-15-2-3-17(11-45-13-27(30,31)32)21(8-15)42-23(43)12-47-26(42)39-25(44)38-20-6-4-16(9-19(20)29)24-37-14-41(40-24)22-7-5-18(10-36-22)46-28(33,34)35/h2-10,14H,11-13H2,1H3,(H,38,44). The van der Waals surface area contributed by atoms with Gasteiger partial charge in [-0.2, -0.15) is 18.2 Å². The van der Waals surface area contributed by atoms with Gasteiger partial charge in [-0.15, -0.1) is 18.3 Å². The normalized spacial score (nSPS) is 14.6. The Morgan fingerprint density at radius 3 is 2.55 bits per heavy atom. The van der Waals surface area contributed by atoms with Crippen molar-refractivity contribution in [1.82, 2.24) is 19.7 Å². The van der Waals surface area contributed by atoms with Crippen molar-refractivity contribution in [2.45, 2.75) is 26.1 Å². The van der Waals surface area contributed by atoms with Gasteiger partial charge in [0.15, 0.2) is 16.8 Å². The van der Waals surface area contributed by atoms with E-state index in [9.17, 15) is 35.9 Å². The third kappa shape index (κ3) is 8.78. The fourth-order valence-electron chi connectivity index (χ4n) is 4.16. The molecule has 11 nitrogen and oxygen atoms in total. The van der Waals surface area contributed by atoms with Crippen LogP contribution >= 0.6 is 23.4 Å². The van der Waals surface area contributed by atoms with E-state index in [1.54, 1.807) is 25.1 Å². The zero-order valence-corrected chi connectivity index (χ0v) is 25.3. The number of ether oxygens (including phenoxy) is 2. The SMILES string of the molecule is Cc1ccc(COCC(F)(F)F)c(N2C(=O)CSC2=NC(=O)Nc2ccc(-c3ncn(-c4ccc(OC(F)(F)F)cn4)n3)cc2Cl)c1. The quantitative estimate of drug-likeness (QED) is 0.196. The second kappa shape index (κ2) is 13.6. The lowest BCUT2D eigenvalue weighted by atomic mass is 10.1. The van der Waals surface area contributed by atoms with Crippen molar-refractivity contribution in [2.75, 3.05) is 22.6 Å². The Bertz CT molecular complexity index is 1830. The topological polar surface area (TPSA) is 124 Å². The summed E-state index contributed by atoms with van der Waals surface area (Å²) in [5, 5.41) is 6.86. The molecule has 0 atom stereocenters. The maximum Gasteiger partial charge on any atom is 0.573 e. The van der Waals surface area contributed by atoms with Gasteiger partial charge in [0.25, 0.3) is 0 Å². The average molecular weight is 700 g/mol. The average Bonchev–Trinajstić information content (AvgIpc) is 3.61. The molecular weight excluding hydrogens is 680 g/mol. The summed E-state index contributed by atoms with van der Waals surface area (Å²) in [5.41, 5.74) is 1.83. The number of rotatable bonds is 8. The smallest absolute Gasteiger partial charge is 0.404 e. The third-order valence-electron chi connectivity index (χ3n) is 6.12. The Hall–Kier alpha value is -4.68. The van der Waals surface area contributed by atoms with Crippen molar-refractivity contribution in [1.29, 1.82) is 0 Å². The monoisotopic (exact) mass is 699 g/mol. The molecule has 4 aromatic rings. The first-order valence-electron chi connectivity index (χ1n) is 13.2. The predicted molar refractivity (Wildman–Crippen MR) is 160 cm³/mol. The van der Waals surface area contributed by atoms with Gasteiger partial charge in [0.1, 0.15) is 18.7 Å². The molecule has 19 heteroatoms. The molecule has 3 heterocycles. The molecule has 0 aliphatic carbocycles. The highest BCUT2D eigenvalue weighted by atomic mass is 35.5. The van der Waals surface area contributed by atoms with E-state index in [0.29, 0.717) is 16.7 Å². The number of anilines is 2. The van der Waals surface area contributed by atoms with Crippen LogP contribution in [0.3, 0.4) is 0 Å². The highest BCUT2D eigenvalue weighted by Gasteiger charge is 2.33. The fraction of sp³-hybridized carbons (Fsp3) is 0.214. The van der Waals surface area contributed by atoms with E-state index in [-0.39, 0.29) is 39.0 Å². The van der Waals surface area contributed by atoms with Gasteiger partial charge in [0, 0.05) is 11.1 Å². The van der Waals surface area contributed by atoms with Crippen LogP contribution in [0.4, 0.5) is 42.5 Å². The second-order valence-electron chi connectivity index (χ2n) is 9.69. The number of aryl methyl sites for hydroxylation is 1. The lowest BCUT2D eigenvalue weighted by Gasteiger charge is -2.21. The van der Waals surface area contributed by atoms with E-state index >= 15 is 0 Å². The van der Waals surface area contributed by atoms with E-state index in [0.717, 1.165) is 28.9 Å².